The van der Waals surface area contributed by atoms with Crippen molar-refractivity contribution < 1.29 is 35.1 Å². The number of sulfonamides is 1. The van der Waals surface area contributed by atoms with Crippen molar-refractivity contribution in [3.8, 4) is 11.6 Å². The van der Waals surface area contributed by atoms with E-state index >= 15 is 0 Å². The van der Waals surface area contributed by atoms with Crippen LogP contribution in [0, 0.1) is 0 Å². The minimum Gasteiger partial charge on any atom is -0.437 e. The first-order chi connectivity index (χ1) is 18.1. The van der Waals surface area contributed by atoms with E-state index in [2.05, 4.69) is 20.0 Å². The van der Waals surface area contributed by atoms with Crippen molar-refractivity contribution in [1.82, 2.24) is 24.6 Å². The molecule has 0 amide bonds. The van der Waals surface area contributed by atoms with Gasteiger partial charge >= 0.3 is 12.1 Å². The second-order valence-corrected chi connectivity index (χ2v) is 10.9. The largest absolute Gasteiger partial charge is 0.458 e. The van der Waals surface area contributed by atoms with Crippen LogP contribution in [0.1, 0.15) is 5.56 Å². The molecule has 4 rings (SSSR count). The van der Waals surface area contributed by atoms with E-state index in [1.165, 1.54) is 23.9 Å². The summed E-state index contributed by atoms with van der Waals surface area (Å²) < 4.78 is 103. The van der Waals surface area contributed by atoms with Gasteiger partial charge in [-0.05, 0) is 19.2 Å². The number of halogens is 7. The third-order valence-corrected chi connectivity index (χ3v) is 7.65. The fourth-order valence-electron chi connectivity index (χ4n) is 3.63. The maximum Gasteiger partial charge on any atom is 0.458 e. The predicted molar refractivity (Wildman–Crippen MR) is 132 cm³/mol. The van der Waals surface area contributed by atoms with Gasteiger partial charge in [0, 0.05) is 39.4 Å². The zero-order valence-electron chi connectivity index (χ0n) is 20.2. The van der Waals surface area contributed by atoms with Crippen LogP contribution in [-0.2, 0) is 23.0 Å². The third-order valence-electron chi connectivity index (χ3n) is 5.71. The van der Waals surface area contributed by atoms with Crippen LogP contribution in [0.2, 0.25) is 10.2 Å². The number of nitrogens with one attached hydrogen (secondary N) is 1. The number of ether oxygens (including phenoxy) is 1. The maximum atomic E-state index is 14.6. The molecule has 3 aromatic rings. The fourth-order valence-corrected chi connectivity index (χ4v) is 5.12. The summed E-state index contributed by atoms with van der Waals surface area (Å²) in [5.41, 5.74) is -1.47. The Hall–Kier alpha value is -2.95. The lowest BCUT2D eigenvalue weighted by Gasteiger charge is -2.34. The topological polar surface area (TPSA) is 105 Å². The number of aryl methyl sites for hydroxylation is 1. The Labute approximate surface area is 229 Å². The number of hydrogen-bond donors (Lipinski definition) is 1. The molecule has 1 aliphatic rings. The maximum absolute atomic E-state index is 14.6. The van der Waals surface area contributed by atoms with E-state index in [0.29, 0.717) is 31.9 Å². The molecule has 0 radical (unpaired) electrons. The molecular weight excluding hydrogens is 596 g/mol. The molecule has 212 valence electrons. The number of nitrogens with zero attached hydrogens (tertiary/aromatic N) is 6. The number of rotatable bonds is 7. The van der Waals surface area contributed by atoms with Crippen molar-refractivity contribution in [1.29, 1.82) is 0 Å². The molecule has 1 N–H and O–H groups in total. The van der Waals surface area contributed by atoms with Gasteiger partial charge in [-0.1, -0.05) is 29.3 Å². The van der Waals surface area contributed by atoms with Crippen LogP contribution in [0.15, 0.2) is 35.5 Å². The van der Waals surface area contributed by atoms with Crippen LogP contribution in [0.3, 0.4) is 0 Å². The first-order valence-corrected chi connectivity index (χ1v) is 13.3. The van der Waals surface area contributed by atoms with Gasteiger partial charge in [-0.3, -0.25) is 4.68 Å². The summed E-state index contributed by atoms with van der Waals surface area (Å²) in [6.07, 6.45) is -4.03. The molecular formula is C21H20Cl2F5N7O3S. The summed E-state index contributed by atoms with van der Waals surface area (Å²) in [4.78, 5) is 10.5. The summed E-state index contributed by atoms with van der Waals surface area (Å²) in [5.74, 6) is -8.16. The second kappa shape index (κ2) is 10.6. The zero-order chi connectivity index (χ0) is 28.8. The number of hydrogen-bond acceptors (Lipinski definition) is 8. The monoisotopic (exact) mass is 615 g/mol. The van der Waals surface area contributed by atoms with E-state index in [4.69, 9.17) is 27.9 Å². The van der Waals surface area contributed by atoms with E-state index in [-0.39, 0.29) is 15.7 Å². The Balaban J connectivity index is 1.78. The summed E-state index contributed by atoms with van der Waals surface area (Å²) in [7, 11) is -1.06. The molecule has 0 spiro atoms. The minimum absolute atomic E-state index is 0.0875. The van der Waals surface area contributed by atoms with Crippen LogP contribution >= 0.6 is 23.2 Å². The van der Waals surface area contributed by atoms with Gasteiger partial charge in [-0.25, -0.2) is 13.1 Å². The number of anilines is 2. The highest BCUT2D eigenvalue weighted by Crippen LogP contribution is 2.50. The van der Waals surface area contributed by atoms with Crippen molar-refractivity contribution in [2.45, 2.75) is 17.0 Å². The van der Waals surface area contributed by atoms with Gasteiger partial charge in [0.25, 0.3) is 10.0 Å². The van der Waals surface area contributed by atoms with E-state index < -0.39 is 44.7 Å². The molecule has 3 heterocycles. The molecule has 2 aromatic heterocycles. The van der Waals surface area contributed by atoms with Crippen LogP contribution in [0.5, 0.6) is 11.6 Å². The number of likely N-dealkylation sites (N-methyl/N-ethyl adjacent to an activating group) is 1. The number of alkyl halides is 5. The summed E-state index contributed by atoms with van der Waals surface area (Å²) in [5, 5.41) is 2.23. The van der Waals surface area contributed by atoms with Gasteiger partial charge < -0.3 is 14.5 Å². The Morgan fingerprint density at radius 3 is 2.28 bits per heavy atom. The smallest absolute Gasteiger partial charge is 0.437 e. The van der Waals surface area contributed by atoms with Crippen molar-refractivity contribution >= 4 is 44.9 Å². The van der Waals surface area contributed by atoms with E-state index in [0.717, 1.165) is 12.4 Å². The molecule has 39 heavy (non-hydrogen) atoms. The third kappa shape index (κ3) is 5.97. The number of benzene rings is 1. The molecule has 0 bridgehead atoms. The van der Waals surface area contributed by atoms with Crippen LogP contribution in [-0.4, -0.2) is 72.5 Å². The summed E-state index contributed by atoms with van der Waals surface area (Å²) in [6, 6.07) is 4.32. The first kappa shape index (κ1) is 29.0. The van der Waals surface area contributed by atoms with Gasteiger partial charge in [0.1, 0.15) is 26.4 Å². The van der Waals surface area contributed by atoms with Gasteiger partial charge in [0.05, 0.1) is 11.9 Å². The van der Waals surface area contributed by atoms with Crippen LogP contribution < -0.4 is 14.4 Å². The second-order valence-electron chi connectivity index (χ2n) is 8.53. The molecule has 0 atom stereocenters. The lowest BCUT2D eigenvalue weighted by molar-refractivity contribution is -0.289. The SMILES string of the molecule is CN1CCN(c2cccc(Oc3nc(NS(=O)(=O)c4cnn(C)c4)nc(Cl)c3C(F)(F)C(F)(F)F)c2Cl)CC1. The zero-order valence-corrected chi connectivity index (χ0v) is 22.5. The lowest BCUT2D eigenvalue weighted by atomic mass is 10.1. The lowest BCUT2D eigenvalue weighted by Crippen LogP contribution is -2.44. The molecule has 0 aliphatic carbocycles. The van der Waals surface area contributed by atoms with Gasteiger partial charge in [-0.2, -0.15) is 37.0 Å². The predicted octanol–water partition coefficient (Wildman–Crippen LogP) is 4.52. The molecule has 1 saturated heterocycles. The first-order valence-electron chi connectivity index (χ1n) is 11.0. The highest BCUT2D eigenvalue weighted by molar-refractivity contribution is 7.92. The highest BCUT2D eigenvalue weighted by Gasteiger charge is 2.62. The van der Waals surface area contributed by atoms with Crippen molar-refractivity contribution in [3.05, 3.63) is 46.3 Å². The Bertz CT molecular complexity index is 1480. The molecule has 18 heteroatoms. The minimum atomic E-state index is -6.11. The average molecular weight is 616 g/mol. The molecule has 0 saturated carbocycles. The molecule has 10 nitrogen and oxygen atoms in total. The Kier molecular flexibility index (Phi) is 7.86. The fraction of sp³-hybridized carbons (Fsp3) is 0.381. The van der Waals surface area contributed by atoms with Crippen LogP contribution in [0.4, 0.5) is 33.6 Å². The Morgan fingerprint density at radius 2 is 1.69 bits per heavy atom. The van der Waals surface area contributed by atoms with Crippen molar-refractivity contribution in [2.75, 3.05) is 42.8 Å². The van der Waals surface area contributed by atoms with E-state index in [1.807, 2.05) is 16.7 Å². The molecule has 1 fully saturated rings. The number of aromatic nitrogens is 4. The normalized spacial score (nSPS) is 15.5. The van der Waals surface area contributed by atoms with E-state index in [9.17, 15) is 30.4 Å². The van der Waals surface area contributed by atoms with Crippen molar-refractivity contribution in [3.63, 3.8) is 0 Å². The van der Waals surface area contributed by atoms with Gasteiger partial charge in [0.15, 0.2) is 0 Å². The van der Waals surface area contributed by atoms with Gasteiger partial charge in [0.2, 0.25) is 11.8 Å². The van der Waals surface area contributed by atoms with Crippen LogP contribution in [0.25, 0.3) is 0 Å². The molecule has 1 aromatic carbocycles. The quantitative estimate of drug-likeness (QED) is 0.306. The highest BCUT2D eigenvalue weighted by atomic mass is 35.5. The molecule has 1 aliphatic heterocycles. The van der Waals surface area contributed by atoms with Gasteiger partial charge in [-0.15, -0.1) is 0 Å². The molecule has 0 unspecified atom stereocenters. The summed E-state index contributed by atoms with van der Waals surface area (Å²) >= 11 is 12.2. The summed E-state index contributed by atoms with van der Waals surface area (Å²) in [6.45, 7) is 2.53. The number of piperazine rings is 1. The van der Waals surface area contributed by atoms with E-state index in [1.54, 1.807) is 6.07 Å². The standard InChI is InChI=1S/C21H20Cl2F5N7O3S/c1-33-6-8-35(9-7-33)13-4-3-5-14(16(13)22)38-18-15(20(24,25)21(26,27)28)17(23)30-19(31-18)32-39(36,37)12-10-29-34(2)11-12/h3-5,10-11H,6-9H2,1-2H3,(H,30,31,32). The Morgan fingerprint density at radius 1 is 1.03 bits per heavy atom. The van der Waals surface area contributed by atoms with Crippen molar-refractivity contribution in [2.24, 2.45) is 7.05 Å². The average Bonchev–Trinajstić information content (AvgIpc) is 3.27.